The molecule has 0 saturated carbocycles. The molecule has 2 amide bonds. The number of rotatable bonds is 7. The van der Waals surface area contributed by atoms with Gasteiger partial charge >= 0.3 is 0 Å². The van der Waals surface area contributed by atoms with Crippen molar-refractivity contribution in [2.45, 2.75) is 25.4 Å². The van der Waals surface area contributed by atoms with Crippen LogP contribution in [0.15, 0.2) is 71.3 Å². The third kappa shape index (κ3) is 5.06. The molecule has 1 aromatic heterocycles. The van der Waals surface area contributed by atoms with Crippen molar-refractivity contribution in [3.8, 4) is 11.5 Å². The Morgan fingerprint density at radius 3 is 2.45 bits per heavy atom. The van der Waals surface area contributed by atoms with Crippen molar-refractivity contribution in [1.29, 1.82) is 0 Å². The fourth-order valence-electron chi connectivity index (χ4n) is 3.42. The summed E-state index contributed by atoms with van der Waals surface area (Å²) in [5.41, 5.74) is 1.82. The molecule has 4 rings (SSSR count). The van der Waals surface area contributed by atoms with Gasteiger partial charge in [-0.1, -0.05) is 36.4 Å². The lowest BCUT2D eigenvalue weighted by molar-refractivity contribution is -0.123. The van der Waals surface area contributed by atoms with E-state index < -0.39 is 11.9 Å². The molecule has 0 aliphatic carbocycles. The summed E-state index contributed by atoms with van der Waals surface area (Å²) in [7, 11) is 0. The molecule has 3 aromatic rings. The van der Waals surface area contributed by atoms with Gasteiger partial charge in [-0.25, -0.2) is 0 Å². The summed E-state index contributed by atoms with van der Waals surface area (Å²) in [6.07, 6.45) is 1.78. The average molecular weight is 420 g/mol. The molecule has 0 saturated heterocycles. The molecule has 0 fully saturated rings. The highest BCUT2D eigenvalue weighted by molar-refractivity contribution is 5.95. The minimum absolute atomic E-state index is 0.158. The molecule has 7 nitrogen and oxygen atoms in total. The first-order valence-corrected chi connectivity index (χ1v) is 10.2. The zero-order valence-corrected chi connectivity index (χ0v) is 17.2. The van der Waals surface area contributed by atoms with E-state index in [4.69, 9.17) is 13.9 Å². The van der Waals surface area contributed by atoms with Gasteiger partial charge in [0.05, 0.1) is 12.3 Å². The van der Waals surface area contributed by atoms with Crippen LogP contribution in [0, 0.1) is 0 Å². The first-order valence-electron chi connectivity index (χ1n) is 10.2. The summed E-state index contributed by atoms with van der Waals surface area (Å²) in [4.78, 5) is 25.6. The van der Waals surface area contributed by atoms with E-state index in [0.717, 1.165) is 11.1 Å². The Kier molecular flexibility index (Phi) is 6.21. The molecule has 0 bridgehead atoms. The van der Waals surface area contributed by atoms with Gasteiger partial charge in [-0.05, 0) is 42.3 Å². The van der Waals surface area contributed by atoms with Crippen LogP contribution in [-0.4, -0.2) is 31.1 Å². The van der Waals surface area contributed by atoms with Crippen LogP contribution in [0.5, 0.6) is 11.5 Å². The van der Waals surface area contributed by atoms with Gasteiger partial charge in [0.2, 0.25) is 5.91 Å². The van der Waals surface area contributed by atoms with Crippen LogP contribution in [0.2, 0.25) is 0 Å². The minimum Gasteiger partial charge on any atom is -0.486 e. The molecule has 2 N–H and O–H groups in total. The maximum Gasteiger partial charge on any atom is 0.287 e. The van der Waals surface area contributed by atoms with Crippen LogP contribution in [0.1, 0.15) is 34.6 Å². The van der Waals surface area contributed by atoms with E-state index in [1.54, 1.807) is 12.1 Å². The fraction of sp³-hybridized carbons (Fsp3) is 0.250. The number of hydrogen-bond acceptors (Lipinski definition) is 5. The second-order valence-electron chi connectivity index (χ2n) is 7.33. The van der Waals surface area contributed by atoms with Gasteiger partial charge in [0.25, 0.3) is 5.91 Å². The standard InChI is InChI=1S/C24H24N2O5/c1-16(18-9-10-20-22(15-18)31-13-12-30-20)25-23(27)19(14-17-6-3-2-4-7-17)26-24(28)21-8-5-11-29-21/h2-11,15-16,19H,12-14H2,1H3,(H,25,27)(H,26,28)/t16-,19-/m0/s1. The lowest BCUT2D eigenvalue weighted by atomic mass is 10.0. The van der Waals surface area contributed by atoms with Crippen LogP contribution < -0.4 is 20.1 Å². The average Bonchev–Trinajstić information content (AvgIpc) is 3.34. The Labute approximate surface area is 180 Å². The summed E-state index contributed by atoms with van der Waals surface area (Å²) in [5, 5.41) is 5.78. The lowest BCUT2D eigenvalue weighted by Crippen LogP contribution is -2.48. The number of hydrogen-bond donors (Lipinski definition) is 2. The molecule has 1 aliphatic rings. The van der Waals surface area contributed by atoms with E-state index in [1.165, 1.54) is 6.26 Å². The largest absolute Gasteiger partial charge is 0.486 e. The van der Waals surface area contributed by atoms with Crippen molar-refractivity contribution in [3.63, 3.8) is 0 Å². The highest BCUT2D eigenvalue weighted by atomic mass is 16.6. The van der Waals surface area contributed by atoms with Crippen molar-refractivity contribution in [1.82, 2.24) is 10.6 Å². The highest BCUT2D eigenvalue weighted by Crippen LogP contribution is 2.32. The molecular formula is C24H24N2O5. The Morgan fingerprint density at radius 1 is 0.935 bits per heavy atom. The SMILES string of the molecule is C[C@H](NC(=O)[C@H](Cc1ccccc1)NC(=O)c1ccco1)c1ccc2c(c1)OCCO2. The third-order valence-electron chi connectivity index (χ3n) is 5.07. The molecule has 2 aromatic carbocycles. The van der Waals surface area contributed by atoms with E-state index in [-0.39, 0.29) is 17.7 Å². The van der Waals surface area contributed by atoms with Crippen LogP contribution in [0.4, 0.5) is 0 Å². The zero-order chi connectivity index (χ0) is 21.6. The zero-order valence-electron chi connectivity index (χ0n) is 17.2. The number of furan rings is 1. The molecule has 2 atom stereocenters. The number of carbonyl (C=O) groups excluding carboxylic acids is 2. The Morgan fingerprint density at radius 2 is 1.71 bits per heavy atom. The van der Waals surface area contributed by atoms with Crippen LogP contribution in [0.3, 0.4) is 0 Å². The Bertz CT molecular complexity index is 1030. The molecule has 1 aliphatic heterocycles. The Hall–Kier alpha value is -3.74. The summed E-state index contributed by atoms with van der Waals surface area (Å²) >= 11 is 0. The van der Waals surface area contributed by atoms with Crippen molar-refractivity contribution in [2.75, 3.05) is 13.2 Å². The van der Waals surface area contributed by atoms with Crippen molar-refractivity contribution in [2.24, 2.45) is 0 Å². The second kappa shape index (κ2) is 9.38. The smallest absolute Gasteiger partial charge is 0.287 e. The van der Waals surface area contributed by atoms with Crippen LogP contribution >= 0.6 is 0 Å². The van der Waals surface area contributed by atoms with Gasteiger partial charge in [0.1, 0.15) is 19.3 Å². The molecule has 0 unspecified atom stereocenters. The summed E-state index contributed by atoms with van der Waals surface area (Å²) < 4.78 is 16.3. The van der Waals surface area contributed by atoms with Gasteiger partial charge in [0.15, 0.2) is 17.3 Å². The fourth-order valence-corrected chi connectivity index (χ4v) is 3.42. The number of fused-ring (bicyclic) bond motifs is 1. The first-order chi connectivity index (χ1) is 15.1. The van der Waals surface area contributed by atoms with Gasteiger partial charge in [-0.2, -0.15) is 0 Å². The van der Waals surface area contributed by atoms with Crippen molar-refractivity contribution < 1.29 is 23.5 Å². The maximum atomic E-state index is 13.1. The monoisotopic (exact) mass is 420 g/mol. The van der Waals surface area contributed by atoms with Gasteiger partial charge < -0.3 is 24.5 Å². The molecule has 0 radical (unpaired) electrons. The van der Waals surface area contributed by atoms with E-state index in [1.807, 2.05) is 55.5 Å². The summed E-state index contributed by atoms with van der Waals surface area (Å²) in [6.45, 7) is 2.90. The minimum atomic E-state index is -0.764. The van der Waals surface area contributed by atoms with E-state index in [2.05, 4.69) is 10.6 Å². The molecule has 160 valence electrons. The van der Waals surface area contributed by atoms with E-state index in [9.17, 15) is 9.59 Å². The highest BCUT2D eigenvalue weighted by Gasteiger charge is 2.25. The molecule has 7 heteroatoms. The van der Waals surface area contributed by atoms with Crippen molar-refractivity contribution in [3.05, 3.63) is 83.8 Å². The number of carbonyl (C=O) groups is 2. The molecule has 2 heterocycles. The van der Waals surface area contributed by atoms with Crippen LogP contribution in [-0.2, 0) is 11.2 Å². The lowest BCUT2D eigenvalue weighted by Gasteiger charge is -2.23. The predicted molar refractivity (Wildman–Crippen MR) is 114 cm³/mol. The van der Waals surface area contributed by atoms with Crippen molar-refractivity contribution >= 4 is 11.8 Å². The molecule has 0 spiro atoms. The van der Waals surface area contributed by atoms with Crippen LogP contribution in [0.25, 0.3) is 0 Å². The van der Waals surface area contributed by atoms with Gasteiger partial charge in [-0.3, -0.25) is 9.59 Å². The van der Waals surface area contributed by atoms with E-state index >= 15 is 0 Å². The number of nitrogens with one attached hydrogen (secondary N) is 2. The number of ether oxygens (including phenoxy) is 2. The van der Waals surface area contributed by atoms with Gasteiger partial charge in [0, 0.05) is 6.42 Å². The maximum absolute atomic E-state index is 13.1. The second-order valence-corrected chi connectivity index (χ2v) is 7.33. The molecular weight excluding hydrogens is 396 g/mol. The first kappa shape index (κ1) is 20.5. The topological polar surface area (TPSA) is 89.8 Å². The van der Waals surface area contributed by atoms with Gasteiger partial charge in [-0.15, -0.1) is 0 Å². The number of amides is 2. The predicted octanol–water partition coefficient (Wildman–Crippen LogP) is 3.27. The molecule has 31 heavy (non-hydrogen) atoms. The Balaban J connectivity index is 1.48. The normalized spacial score (nSPS) is 14.4. The summed E-state index contributed by atoms with van der Waals surface area (Å²) in [6, 6.07) is 17.3. The quantitative estimate of drug-likeness (QED) is 0.612. The third-order valence-corrected chi connectivity index (χ3v) is 5.07. The van der Waals surface area contributed by atoms with E-state index in [0.29, 0.717) is 31.1 Å². The number of benzene rings is 2. The summed E-state index contributed by atoms with van der Waals surface area (Å²) in [5.74, 6) is 0.794.